The van der Waals surface area contributed by atoms with Gasteiger partial charge in [-0.2, -0.15) is 0 Å². The molecule has 6 heteroatoms. The van der Waals surface area contributed by atoms with Crippen molar-refractivity contribution in [1.82, 2.24) is 15.1 Å². The van der Waals surface area contributed by atoms with Crippen molar-refractivity contribution in [2.75, 3.05) is 26.2 Å². The zero-order valence-corrected chi connectivity index (χ0v) is 21.0. The molecule has 32 heavy (non-hydrogen) atoms. The van der Waals surface area contributed by atoms with Gasteiger partial charge in [0.05, 0.1) is 0 Å². The molecule has 1 heterocycles. The lowest BCUT2D eigenvalue weighted by Crippen LogP contribution is -2.57. The standard InChI is InChI=1S/C26H47N3O3/c1-5-8-13-22(7-3)25(31)27-24(20(4)6-2)26(32)29-18-16-28(17-19-29)23(30)15-14-21-11-9-10-12-21/h20-22,24H,5-19H2,1-4H3,(H,27,31). The van der Waals surface area contributed by atoms with E-state index < -0.39 is 6.04 Å². The van der Waals surface area contributed by atoms with Crippen LogP contribution in [0.15, 0.2) is 0 Å². The number of rotatable bonds is 12. The third kappa shape index (κ3) is 7.77. The van der Waals surface area contributed by atoms with Crippen molar-refractivity contribution in [1.29, 1.82) is 0 Å². The van der Waals surface area contributed by atoms with Crippen LogP contribution in [0.2, 0.25) is 0 Å². The summed E-state index contributed by atoms with van der Waals surface area (Å²) in [6, 6.07) is -0.479. The number of hydrogen-bond acceptors (Lipinski definition) is 3. The highest BCUT2D eigenvalue weighted by Crippen LogP contribution is 2.28. The molecule has 3 amide bonds. The first-order chi connectivity index (χ1) is 15.4. The lowest BCUT2D eigenvalue weighted by Gasteiger charge is -2.38. The Kier molecular flexibility index (Phi) is 11.5. The van der Waals surface area contributed by atoms with Gasteiger partial charge in [-0.1, -0.05) is 72.6 Å². The fourth-order valence-electron chi connectivity index (χ4n) is 5.08. The van der Waals surface area contributed by atoms with Gasteiger partial charge in [-0.15, -0.1) is 0 Å². The van der Waals surface area contributed by atoms with Gasteiger partial charge in [0.2, 0.25) is 17.7 Å². The smallest absolute Gasteiger partial charge is 0.245 e. The number of nitrogens with one attached hydrogen (secondary N) is 1. The fraction of sp³-hybridized carbons (Fsp3) is 0.885. The Morgan fingerprint density at radius 1 is 0.938 bits per heavy atom. The molecule has 2 rings (SSSR count). The molecule has 3 unspecified atom stereocenters. The summed E-state index contributed by atoms with van der Waals surface area (Å²) in [6.45, 7) is 10.6. The Hall–Kier alpha value is -1.59. The summed E-state index contributed by atoms with van der Waals surface area (Å²) in [7, 11) is 0. The van der Waals surface area contributed by atoms with Crippen LogP contribution in [0.1, 0.15) is 98.3 Å². The molecule has 1 saturated heterocycles. The molecule has 2 fully saturated rings. The number of carbonyl (C=O) groups excluding carboxylic acids is 3. The predicted molar refractivity (Wildman–Crippen MR) is 129 cm³/mol. The summed E-state index contributed by atoms with van der Waals surface area (Å²) in [6.07, 6.45) is 11.4. The number of hydrogen-bond donors (Lipinski definition) is 1. The molecule has 0 aromatic carbocycles. The minimum absolute atomic E-state index is 0.0103. The van der Waals surface area contributed by atoms with E-state index >= 15 is 0 Å². The molecule has 1 saturated carbocycles. The van der Waals surface area contributed by atoms with Gasteiger partial charge >= 0.3 is 0 Å². The molecule has 1 aliphatic heterocycles. The monoisotopic (exact) mass is 449 g/mol. The Morgan fingerprint density at radius 3 is 2.12 bits per heavy atom. The van der Waals surface area contributed by atoms with E-state index in [2.05, 4.69) is 19.2 Å². The van der Waals surface area contributed by atoms with E-state index in [0.717, 1.165) is 44.4 Å². The average Bonchev–Trinajstić information content (AvgIpc) is 3.34. The molecule has 2 aliphatic rings. The van der Waals surface area contributed by atoms with Crippen molar-refractivity contribution in [3.63, 3.8) is 0 Å². The molecule has 0 bridgehead atoms. The molecule has 6 nitrogen and oxygen atoms in total. The van der Waals surface area contributed by atoms with Crippen LogP contribution in [0.5, 0.6) is 0 Å². The largest absolute Gasteiger partial charge is 0.344 e. The van der Waals surface area contributed by atoms with Gasteiger partial charge < -0.3 is 15.1 Å². The molecule has 0 aromatic rings. The van der Waals surface area contributed by atoms with Crippen molar-refractivity contribution in [3.05, 3.63) is 0 Å². The highest BCUT2D eigenvalue weighted by Gasteiger charge is 2.33. The Morgan fingerprint density at radius 2 is 1.56 bits per heavy atom. The van der Waals surface area contributed by atoms with Gasteiger partial charge in [0, 0.05) is 38.5 Å². The van der Waals surface area contributed by atoms with E-state index in [-0.39, 0.29) is 29.6 Å². The molecule has 1 aliphatic carbocycles. The zero-order valence-electron chi connectivity index (χ0n) is 21.0. The Labute approximate surface area is 195 Å². The van der Waals surface area contributed by atoms with Crippen LogP contribution >= 0.6 is 0 Å². The van der Waals surface area contributed by atoms with E-state index in [4.69, 9.17) is 0 Å². The second-order valence-corrected chi connectivity index (χ2v) is 10.0. The van der Waals surface area contributed by atoms with Gasteiger partial charge in [-0.3, -0.25) is 14.4 Å². The van der Waals surface area contributed by atoms with Crippen LogP contribution in [0.25, 0.3) is 0 Å². The lowest BCUT2D eigenvalue weighted by atomic mass is 9.94. The molecule has 0 radical (unpaired) electrons. The number of nitrogens with zero attached hydrogens (tertiary/aromatic N) is 2. The van der Waals surface area contributed by atoms with Crippen molar-refractivity contribution in [3.8, 4) is 0 Å². The maximum atomic E-state index is 13.3. The summed E-state index contributed by atoms with van der Waals surface area (Å²) < 4.78 is 0. The summed E-state index contributed by atoms with van der Waals surface area (Å²) in [4.78, 5) is 42.6. The molecular formula is C26H47N3O3. The fourth-order valence-corrected chi connectivity index (χ4v) is 5.08. The third-order valence-corrected chi connectivity index (χ3v) is 7.73. The van der Waals surface area contributed by atoms with E-state index in [9.17, 15) is 14.4 Å². The van der Waals surface area contributed by atoms with Crippen molar-refractivity contribution < 1.29 is 14.4 Å². The predicted octanol–water partition coefficient (Wildman–Crippen LogP) is 4.37. The third-order valence-electron chi connectivity index (χ3n) is 7.73. The van der Waals surface area contributed by atoms with E-state index in [1.54, 1.807) is 0 Å². The second-order valence-electron chi connectivity index (χ2n) is 10.0. The lowest BCUT2D eigenvalue weighted by molar-refractivity contribution is -0.143. The summed E-state index contributed by atoms with van der Waals surface area (Å²) in [5.74, 6) is 1.05. The van der Waals surface area contributed by atoms with Gasteiger partial charge in [0.1, 0.15) is 6.04 Å². The van der Waals surface area contributed by atoms with E-state index in [0.29, 0.717) is 32.6 Å². The first kappa shape index (κ1) is 26.7. The van der Waals surface area contributed by atoms with Gasteiger partial charge in [-0.05, 0) is 31.1 Å². The van der Waals surface area contributed by atoms with Crippen LogP contribution in [-0.2, 0) is 14.4 Å². The van der Waals surface area contributed by atoms with E-state index in [1.807, 2.05) is 23.6 Å². The minimum atomic E-state index is -0.479. The Bertz CT molecular complexity index is 595. The summed E-state index contributed by atoms with van der Waals surface area (Å²) in [5, 5.41) is 3.10. The summed E-state index contributed by atoms with van der Waals surface area (Å²) in [5.41, 5.74) is 0. The number of piperazine rings is 1. The van der Waals surface area contributed by atoms with Gasteiger partial charge in [0.15, 0.2) is 0 Å². The number of amides is 3. The number of carbonyl (C=O) groups is 3. The van der Waals surface area contributed by atoms with Crippen LogP contribution in [0.4, 0.5) is 0 Å². The quantitative estimate of drug-likeness (QED) is 0.481. The SMILES string of the molecule is CCCCC(CC)C(=O)NC(C(=O)N1CCN(C(=O)CCC2CCCC2)CC1)C(C)CC. The molecule has 3 atom stereocenters. The normalized spacial score (nSPS) is 20.1. The highest BCUT2D eigenvalue weighted by atomic mass is 16.2. The molecule has 184 valence electrons. The highest BCUT2D eigenvalue weighted by molar-refractivity contribution is 5.89. The van der Waals surface area contributed by atoms with Crippen molar-refractivity contribution in [2.45, 2.75) is 104 Å². The van der Waals surface area contributed by atoms with E-state index in [1.165, 1.54) is 25.7 Å². The Balaban J connectivity index is 1.87. The van der Waals surface area contributed by atoms with Crippen LogP contribution < -0.4 is 5.32 Å². The molecular weight excluding hydrogens is 402 g/mol. The second kappa shape index (κ2) is 13.8. The molecule has 0 aromatic heterocycles. The summed E-state index contributed by atoms with van der Waals surface area (Å²) >= 11 is 0. The first-order valence-electron chi connectivity index (χ1n) is 13.3. The molecule has 0 spiro atoms. The van der Waals surface area contributed by atoms with Gasteiger partial charge in [-0.25, -0.2) is 0 Å². The van der Waals surface area contributed by atoms with Crippen molar-refractivity contribution >= 4 is 17.7 Å². The van der Waals surface area contributed by atoms with Crippen LogP contribution in [0, 0.1) is 17.8 Å². The van der Waals surface area contributed by atoms with Crippen molar-refractivity contribution in [2.24, 2.45) is 17.8 Å². The van der Waals surface area contributed by atoms with Gasteiger partial charge in [0.25, 0.3) is 0 Å². The van der Waals surface area contributed by atoms with Crippen LogP contribution in [-0.4, -0.2) is 59.7 Å². The minimum Gasteiger partial charge on any atom is -0.344 e. The molecule has 1 N–H and O–H groups in total. The van der Waals surface area contributed by atoms with Crippen LogP contribution in [0.3, 0.4) is 0 Å². The maximum Gasteiger partial charge on any atom is 0.245 e. The maximum absolute atomic E-state index is 13.3. The average molecular weight is 450 g/mol. The zero-order chi connectivity index (χ0) is 23.5. The first-order valence-corrected chi connectivity index (χ1v) is 13.3. The number of unbranched alkanes of at least 4 members (excludes halogenated alkanes) is 1. The topological polar surface area (TPSA) is 69.7 Å².